The van der Waals surface area contributed by atoms with Crippen LogP contribution in [0, 0.1) is 11.6 Å². The molecule has 2 aromatic carbocycles. The van der Waals surface area contributed by atoms with Crippen LogP contribution in [0.25, 0.3) is 0 Å². The average molecular weight is 499 g/mol. The zero-order valence-corrected chi connectivity index (χ0v) is 17.5. The lowest BCUT2D eigenvalue weighted by Gasteiger charge is -2.40. The molecule has 3 rings (SSSR count). The van der Waals surface area contributed by atoms with E-state index in [0.717, 1.165) is 28.6 Å². The van der Waals surface area contributed by atoms with Crippen molar-refractivity contribution >= 4 is 31.6 Å². The van der Waals surface area contributed by atoms with E-state index in [1.54, 1.807) is 0 Å². The van der Waals surface area contributed by atoms with Crippen molar-refractivity contribution in [2.75, 3.05) is 24.5 Å². The summed E-state index contributed by atoms with van der Waals surface area (Å²) in [5.74, 6) is -1.94. The van der Waals surface area contributed by atoms with E-state index in [-0.39, 0.29) is 25.3 Å². The molecule has 0 aliphatic carbocycles. The zero-order chi connectivity index (χ0) is 21.6. The number of sulfonamides is 1. The van der Waals surface area contributed by atoms with Gasteiger partial charge in [0.15, 0.2) is 0 Å². The van der Waals surface area contributed by atoms with Crippen molar-refractivity contribution in [1.29, 1.82) is 0 Å². The lowest BCUT2D eigenvalue weighted by atomic mass is 10.1. The maximum atomic E-state index is 14.2. The molecule has 0 aromatic heterocycles. The second-order valence-corrected chi connectivity index (χ2v) is 9.42. The summed E-state index contributed by atoms with van der Waals surface area (Å²) in [6.45, 7) is 1.26. The molecule has 1 fully saturated rings. The Morgan fingerprint density at radius 2 is 1.76 bits per heavy atom. The third-order valence-corrected chi connectivity index (χ3v) is 7.19. The van der Waals surface area contributed by atoms with E-state index in [1.165, 1.54) is 17.9 Å². The van der Waals surface area contributed by atoms with Crippen LogP contribution < -0.4 is 4.90 Å². The summed E-state index contributed by atoms with van der Waals surface area (Å²) in [7, 11) is -4.18. The van der Waals surface area contributed by atoms with Gasteiger partial charge in [-0.25, -0.2) is 17.2 Å². The van der Waals surface area contributed by atoms with E-state index in [0.29, 0.717) is 10.5 Å². The molecule has 1 atom stereocenters. The quantitative estimate of drug-likeness (QED) is 0.578. The highest BCUT2D eigenvalue weighted by atomic mass is 79.9. The largest absolute Gasteiger partial charge is 0.418 e. The summed E-state index contributed by atoms with van der Waals surface area (Å²) in [6, 6.07) is 5.20. The minimum absolute atomic E-state index is 0.0591. The van der Waals surface area contributed by atoms with Crippen molar-refractivity contribution in [3.05, 3.63) is 58.1 Å². The maximum absolute atomic E-state index is 14.2. The first kappa shape index (κ1) is 22.0. The number of rotatable bonds is 3. The van der Waals surface area contributed by atoms with Gasteiger partial charge in [0.2, 0.25) is 10.0 Å². The Balaban J connectivity index is 1.89. The van der Waals surface area contributed by atoms with Crippen LogP contribution in [0.1, 0.15) is 12.5 Å². The van der Waals surface area contributed by atoms with Gasteiger partial charge in [-0.1, -0.05) is 15.9 Å². The summed E-state index contributed by atoms with van der Waals surface area (Å²) in [5.41, 5.74) is -1.35. The molecule has 1 heterocycles. The van der Waals surface area contributed by atoms with Crippen LogP contribution in [0.5, 0.6) is 0 Å². The molecule has 0 bridgehead atoms. The molecule has 0 saturated carbocycles. The van der Waals surface area contributed by atoms with Crippen LogP contribution in [0.15, 0.2) is 45.8 Å². The Hall–Kier alpha value is -1.72. The highest BCUT2D eigenvalue weighted by Gasteiger charge is 2.39. The first-order chi connectivity index (χ1) is 13.4. The van der Waals surface area contributed by atoms with Crippen LogP contribution >= 0.6 is 15.9 Å². The first-order valence-electron chi connectivity index (χ1n) is 8.50. The lowest BCUT2D eigenvalue weighted by molar-refractivity contribution is -0.137. The van der Waals surface area contributed by atoms with Crippen molar-refractivity contribution < 1.29 is 30.4 Å². The van der Waals surface area contributed by atoms with Gasteiger partial charge in [0.25, 0.3) is 0 Å². The Labute approximate surface area is 173 Å². The number of hydrogen-bond donors (Lipinski definition) is 0. The van der Waals surface area contributed by atoms with E-state index >= 15 is 0 Å². The molecule has 0 unspecified atom stereocenters. The van der Waals surface area contributed by atoms with Crippen molar-refractivity contribution in [3.63, 3.8) is 0 Å². The average Bonchev–Trinajstić information content (AvgIpc) is 2.60. The van der Waals surface area contributed by atoms with Gasteiger partial charge < -0.3 is 4.90 Å². The Morgan fingerprint density at radius 3 is 2.34 bits per heavy atom. The Morgan fingerprint density at radius 1 is 1.07 bits per heavy atom. The SMILES string of the molecule is C[C@@H]1CN(c2ccc(F)cc2C(F)(F)F)CCN1S(=O)(=O)c1ccc(Br)cc1F. The van der Waals surface area contributed by atoms with E-state index in [2.05, 4.69) is 15.9 Å². The highest BCUT2D eigenvalue weighted by molar-refractivity contribution is 9.10. The van der Waals surface area contributed by atoms with Gasteiger partial charge >= 0.3 is 6.18 Å². The van der Waals surface area contributed by atoms with Crippen molar-refractivity contribution in [2.24, 2.45) is 0 Å². The molecule has 0 amide bonds. The normalized spacial score (nSPS) is 18.9. The molecule has 1 aliphatic heterocycles. The van der Waals surface area contributed by atoms with Crippen LogP contribution in [-0.4, -0.2) is 38.4 Å². The molecule has 0 spiro atoms. The number of hydrogen-bond acceptors (Lipinski definition) is 3. The van der Waals surface area contributed by atoms with Gasteiger partial charge in [-0.05, 0) is 43.3 Å². The number of halogens is 6. The lowest BCUT2D eigenvalue weighted by Crippen LogP contribution is -2.54. The predicted octanol–water partition coefficient (Wildman–Crippen LogP) is 4.65. The fourth-order valence-electron chi connectivity index (χ4n) is 3.34. The first-order valence-corrected chi connectivity index (χ1v) is 10.7. The summed E-state index contributed by atoms with van der Waals surface area (Å²) in [5, 5.41) is 0. The number of nitrogens with zero attached hydrogens (tertiary/aromatic N) is 2. The molecule has 0 radical (unpaired) electrons. The summed E-state index contributed by atoms with van der Waals surface area (Å²) in [4.78, 5) is 0.857. The van der Waals surface area contributed by atoms with Gasteiger partial charge in [-0.15, -0.1) is 0 Å². The van der Waals surface area contributed by atoms with Gasteiger partial charge in [-0.2, -0.15) is 17.5 Å². The van der Waals surface area contributed by atoms with Gasteiger partial charge in [-0.3, -0.25) is 0 Å². The molecule has 11 heteroatoms. The van der Waals surface area contributed by atoms with Gasteiger partial charge in [0, 0.05) is 35.8 Å². The molecule has 2 aromatic rings. The fourth-order valence-corrected chi connectivity index (χ4v) is 5.33. The van der Waals surface area contributed by atoms with E-state index in [1.807, 2.05) is 0 Å². The summed E-state index contributed by atoms with van der Waals surface area (Å²) < 4.78 is 94.6. The number of anilines is 1. The molecule has 4 nitrogen and oxygen atoms in total. The molecular weight excluding hydrogens is 483 g/mol. The number of alkyl halides is 3. The van der Waals surface area contributed by atoms with Crippen LogP contribution in [-0.2, 0) is 16.2 Å². The molecule has 158 valence electrons. The van der Waals surface area contributed by atoms with E-state index < -0.39 is 44.3 Å². The minimum atomic E-state index is -4.76. The monoisotopic (exact) mass is 498 g/mol. The maximum Gasteiger partial charge on any atom is 0.418 e. The van der Waals surface area contributed by atoms with Crippen molar-refractivity contribution in [2.45, 2.75) is 24.0 Å². The third kappa shape index (κ3) is 4.41. The van der Waals surface area contributed by atoms with Crippen molar-refractivity contribution in [1.82, 2.24) is 4.31 Å². The number of piperazine rings is 1. The molecule has 1 aliphatic rings. The smallest absolute Gasteiger partial charge is 0.368 e. The second-order valence-electron chi connectivity index (χ2n) is 6.64. The third-order valence-electron chi connectivity index (χ3n) is 4.65. The van der Waals surface area contributed by atoms with Crippen LogP contribution in [0.3, 0.4) is 0 Å². The summed E-state index contributed by atoms with van der Waals surface area (Å²) >= 11 is 3.06. The van der Waals surface area contributed by atoms with Crippen LogP contribution in [0.2, 0.25) is 0 Å². The topological polar surface area (TPSA) is 40.6 Å². The standard InChI is InChI=1S/C18H16BrF5N2O2S/c1-11-10-25(16-4-3-13(20)9-14(16)18(22,23)24)6-7-26(11)29(27,28)17-5-2-12(19)8-15(17)21/h2-5,8-9,11H,6-7,10H2,1H3/t11-/m1/s1. The molecule has 1 saturated heterocycles. The minimum Gasteiger partial charge on any atom is -0.368 e. The van der Waals surface area contributed by atoms with Crippen LogP contribution in [0.4, 0.5) is 27.6 Å². The van der Waals surface area contributed by atoms with E-state index in [9.17, 15) is 30.4 Å². The highest BCUT2D eigenvalue weighted by Crippen LogP contribution is 2.38. The molecular formula is C18H16BrF5N2O2S. The van der Waals surface area contributed by atoms with Gasteiger partial charge in [0.05, 0.1) is 5.56 Å². The predicted molar refractivity (Wildman–Crippen MR) is 101 cm³/mol. The van der Waals surface area contributed by atoms with Crippen molar-refractivity contribution in [3.8, 4) is 0 Å². The van der Waals surface area contributed by atoms with E-state index in [4.69, 9.17) is 0 Å². The Kier molecular flexibility index (Phi) is 5.94. The zero-order valence-electron chi connectivity index (χ0n) is 15.0. The van der Waals surface area contributed by atoms with Gasteiger partial charge in [0.1, 0.15) is 16.5 Å². The fraction of sp³-hybridized carbons (Fsp3) is 0.333. The number of benzene rings is 2. The Bertz CT molecular complexity index is 1030. The summed E-state index contributed by atoms with van der Waals surface area (Å²) in [6.07, 6.45) is -4.76. The second kappa shape index (κ2) is 7.84. The molecule has 0 N–H and O–H groups in total. The molecule has 29 heavy (non-hydrogen) atoms.